The van der Waals surface area contributed by atoms with Crippen LogP contribution in [0.25, 0.3) is 10.9 Å². The third kappa shape index (κ3) is 5.28. The Morgan fingerprint density at radius 1 is 0.812 bits per heavy atom. The van der Waals surface area contributed by atoms with E-state index in [1.807, 2.05) is 62.4 Å². The van der Waals surface area contributed by atoms with Gasteiger partial charge in [-0.1, -0.05) is 48.2 Å². The van der Waals surface area contributed by atoms with Crippen LogP contribution in [-0.4, -0.2) is 26.8 Å². The lowest BCUT2D eigenvalue weighted by Crippen LogP contribution is -2.41. The summed E-state index contributed by atoms with van der Waals surface area (Å²) in [7, 11) is 0. The largest absolute Gasteiger partial charge is 0.288 e. The van der Waals surface area contributed by atoms with E-state index >= 15 is 0 Å². The summed E-state index contributed by atoms with van der Waals surface area (Å²) < 4.78 is 0. The van der Waals surface area contributed by atoms with Crippen molar-refractivity contribution in [1.82, 2.24) is 25.8 Å². The number of benzene rings is 2. The number of aromatic nitrogens is 3. The lowest BCUT2D eigenvalue weighted by Gasteiger charge is -2.08. The van der Waals surface area contributed by atoms with Gasteiger partial charge in [-0.3, -0.25) is 20.4 Å². The summed E-state index contributed by atoms with van der Waals surface area (Å²) in [6, 6.07) is 20.1. The zero-order chi connectivity index (χ0) is 22.5. The number of hydrazine groups is 1. The lowest BCUT2D eigenvalue weighted by molar-refractivity contribution is 0.0844. The Kier molecular flexibility index (Phi) is 6.42. The van der Waals surface area contributed by atoms with E-state index in [2.05, 4.69) is 25.8 Å². The van der Waals surface area contributed by atoms with E-state index in [1.54, 1.807) is 30.0 Å². The molecule has 0 saturated heterocycles. The Bertz CT molecular complexity index is 1270. The van der Waals surface area contributed by atoms with Crippen LogP contribution in [0.2, 0.25) is 0 Å². The maximum atomic E-state index is 12.4. The van der Waals surface area contributed by atoms with Gasteiger partial charge in [0.25, 0.3) is 11.8 Å². The molecule has 0 aliphatic heterocycles. The Labute approximate surface area is 189 Å². The van der Waals surface area contributed by atoms with Crippen molar-refractivity contribution in [2.75, 3.05) is 0 Å². The number of nitrogens with one attached hydrogen (secondary N) is 2. The number of pyridine rings is 1. The van der Waals surface area contributed by atoms with Gasteiger partial charge in [-0.2, -0.15) is 0 Å². The topological polar surface area (TPSA) is 96.9 Å². The zero-order valence-electron chi connectivity index (χ0n) is 17.6. The number of hydrogen-bond acceptors (Lipinski definition) is 6. The maximum absolute atomic E-state index is 12.4. The first kappa shape index (κ1) is 21.5. The van der Waals surface area contributed by atoms with Crippen LogP contribution in [0.15, 0.2) is 71.9 Å². The molecule has 4 aromatic rings. The number of thioether (sulfide) groups is 1. The van der Waals surface area contributed by atoms with Gasteiger partial charge in [-0.05, 0) is 49.7 Å². The Hall–Kier alpha value is -3.78. The van der Waals surface area contributed by atoms with Gasteiger partial charge in [0.2, 0.25) is 0 Å². The summed E-state index contributed by atoms with van der Waals surface area (Å²) in [5.41, 5.74) is 9.14. The van der Waals surface area contributed by atoms with Crippen LogP contribution in [0, 0.1) is 13.8 Å². The second-order valence-corrected chi connectivity index (χ2v) is 8.16. The smallest absolute Gasteiger partial charge is 0.267 e. The first-order valence-electron chi connectivity index (χ1n) is 9.98. The van der Waals surface area contributed by atoms with Crippen molar-refractivity contribution in [2.24, 2.45) is 0 Å². The van der Waals surface area contributed by atoms with Crippen molar-refractivity contribution < 1.29 is 9.59 Å². The number of fused-ring (bicyclic) bond motifs is 1. The number of aryl methyl sites for hydroxylation is 2. The molecular formula is C24H21N5O2S. The highest BCUT2D eigenvalue weighted by atomic mass is 32.2. The third-order valence-corrected chi connectivity index (χ3v) is 5.58. The normalized spacial score (nSPS) is 10.7. The molecule has 0 spiro atoms. The van der Waals surface area contributed by atoms with E-state index in [0.29, 0.717) is 16.8 Å². The zero-order valence-corrected chi connectivity index (χ0v) is 18.4. The minimum absolute atomic E-state index is 0.227. The fourth-order valence-corrected chi connectivity index (χ4v) is 4.01. The van der Waals surface area contributed by atoms with Gasteiger partial charge in [0.1, 0.15) is 5.69 Å². The van der Waals surface area contributed by atoms with Crippen molar-refractivity contribution in [3.05, 3.63) is 94.9 Å². The van der Waals surface area contributed by atoms with E-state index in [0.717, 1.165) is 27.5 Å². The number of nitrogens with zero attached hydrogens (tertiary/aromatic N) is 3. The van der Waals surface area contributed by atoms with Gasteiger partial charge in [0.05, 0.1) is 5.52 Å². The Balaban J connectivity index is 1.32. The van der Waals surface area contributed by atoms with Crippen molar-refractivity contribution in [1.29, 1.82) is 0 Å². The summed E-state index contributed by atoms with van der Waals surface area (Å²) >= 11 is 1.54. The molecule has 2 aromatic carbocycles. The van der Waals surface area contributed by atoms with Crippen LogP contribution < -0.4 is 10.9 Å². The molecule has 0 radical (unpaired) electrons. The second-order valence-electron chi connectivity index (χ2n) is 7.22. The van der Waals surface area contributed by atoms with Gasteiger partial charge >= 0.3 is 0 Å². The molecule has 0 atom stereocenters. The van der Waals surface area contributed by atoms with E-state index in [9.17, 15) is 9.59 Å². The average Bonchev–Trinajstić information content (AvgIpc) is 2.80. The second kappa shape index (κ2) is 9.57. The predicted octanol–water partition coefficient (Wildman–Crippen LogP) is 4.01. The minimum atomic E-state index is -0.481. The van der Waals surface area contributed by atoms with E-state index in [-0.39, 0.29) is 5.69 Å². The molecule has 0 aliphatic rings. The predicted molar refractivity (Wildman–Crippen MR) is 124 cm³/mol. The average molecular weight is 444 g/mol. The molecule has 32 heavy (non-hydrogen) atoms. The molecule has 0 fully saturated rings. The van der Waals surface area contributed by atoms with Crippen molar-refractivity contribution in [3.63, 3.8) is 0 Å². The first-order chi connectivity index (χ1) is 15.5. The molecule has 2 aromatic heterocycles. The molecule has 0 aliphatic carbocycles. The molecule has 160 valence electrons. The van der Waals surface area contributed by atoms with Crippen molar-refractivity contribution in [3.8, 4) is 0 Å². The maximum Gasteiger partial charge on any atom is 0.288 e. The quantitative estimate of drug-likeness (QED) is 0.275. The molecule has 0 bridgehead atoms. The number of hydrogen-bond donors (Lipinski definition) is 2. The summed E-state index contributed by atoms with van der Waals surface area (Å²) in [5, 5.41) is 1.67. The van der Waals surface area contributed by atoms with Crippen molar-refractivity contribution >= 4 is 34.5 Å². The van der Waals surface area contributed by atoms with Gasteiger partial charge in [0, 0.05) is 28.1 Å². The highest BCUT2D eigenvalue weighted by molar-refractivity contribution is 7.98. The number of carbonyl (C=O) groups is 2. The number of rotatable bonds is 5. The Morgan fingerprint density at radius 2 is 1.50 bits per heavy atom. The summed E-state index contributed by atoms with van der Waals surface area (Å²) in [5.74, 6) is -0.198. The van der Waals surface area contributed by atoms with Crippen LogP contribution in [0.1, 0.15) is 37.8 Å². The third-order valence-electron chi connectivity index (χ3n) is 4.67. The highest BCUT2D eigenvalue weighted by Gasteiger charge is 2.11. The SMILES string of the molecule is Cc1cc(C)nc(SCc2ccc(C(=O)NNC(=O)c3ccc4ccccc4n3)cc2)n1. The van der Waals surface area contributed by atoms with Crippen LogP contribution in [0.4, 0.5) is 0 Å². The lowest BCUT2D eigenvalue weighted by atomic mass is 10.1. The standard InChI is InChI=1S/C24H21N5O2S/c1-15-13-16(2)26-24(25-15)32-14-17-7-9-19(10-8-17)22(30)28-29-23(31)21-12-11-18-5-3-4-6-20(18)27-21/h3-13H,14H2,1-2H3,(H,28,30)(H,29,31). The minimum Gasteiger partial charge on any atom is -0.267 e. The van der Waals surface area contributed by atoms with Gasteiger partial charge in [-0.25, -0.2) is 15.0 Å². The van der Waals surface area contributed by atoms with E-state index < -0.39 is 11.8 Å². The van der Waals surface area contributed by atoms with Gasteiger partial charge in [0.15, 0.2) is 5.16 Å². The Morgan fingerprint density at radius 3 is 2.25 bits per heavy atom. The van der Waals surface area contributed by atoms with Crippen LogP contribution >= 0.6 is 11.8 Å². The summed E-state index contributed by atoms with van der Waals surface area (Å²) in [6.07, 6.45) is 0. The molecule has 2 amide bonds. The molecule has 2 N–H and O–H groups in total. The number of carbonyl (C=O) groups excluding carboxylic acids is 2. The fraction of sp³-hybridized carbons (Fsp3) is 0.125. The van der Waals surface area contributed by atoms with E-state index in [1.165, 1.54) is 0 Å². The number of amides is 2. The molecular weight excluding hydrogens is 422 g/mol. The molecule has 0 unspecified atom stereocenters. The fourth-order valence-electron chi connectivity index (χ4n) is 3.10. The molecule has 2 heterocycles. The van der Waals surface area contributed by atoms with Crippen LogP contribution in [0.3, 0.4) is 0 Å². The molecule has 8 heteroatoms. The van der Waals surface area contributed by atoms with Crippen molar-refractivity contribution in [2.45, 2.75) is 24.8 Å². The monoisotopic (exact) mass is 443 g/mol. The van der Waals surface area contributed by atoms with Crippen LogP contribution in [-0.2, 0) is 5.75 Å². The molecule has 0 saturated carbocycles. The van der Waals surface area contributed by atoms with E-state index in [4.69, 9.17) is 0 Å². The summed E-state index contributed by atoms with van der Waals surface area (Å²) in [6.45, 7) is 3.89. The molecule has 4 rings (SSSR count). The van der Waals surface area contributed by atoms with Gasteiger partial charge < -0.3 is 0 Å². The summed E-state index contributed by atoms with van der Waals surface area (Å²) in [4.78, 5) is 37.9. The van der Waals surface area contributed by atoms with Crippen LogP contribution in [0.5, 0.6) is 0 Å². The molecule has 7 nitrogen and oxygen atoms in total. The highest BCUT2D eigenvalue weighted by Crippen LogP contribution is 2.20. The van der Waals surface area contributed by atoms with Gasteiger partial charge in [-0.15, -0.1) is 0 Å². The first-order valence-corrected chi connectivity index (χ1v) is 11.0. The number of para-hydroxylation sites is 1.